The minimum atomic E-state index is 0.156. The van der Waals surface area contributed by atoms with Gasteiger partial charge in [-0.3, -0.25) is 4.79 Å². The van der Waals surface area contributed by atoms with E-state index in [1.54, 1.807) is 0 Å². The maximum Gasteiger partial charge on any atom is 0.228 e. The Bertz CT molecular complexity index is 216. The average molecular weight is 211 g/mol. The molecule has 2 rings (SSSR count). The average Bonchev–Trinajstić information content (AvgIpc) is 2.82. The fourth-order valence-corrected chi connectivity index (χ4v) is 2.55. The summed E-state index contributed by atoms with van der Waals surface area (Å²) in [5.74, 6) is 1.33. The number of carbonyl (C=O) groups excluding carboxylic acids is 1. The second-order valence-corrected chi connectivity index (χ2v) is 4.74. The maximum absolute atomic E-state index is 12.0. The Kier molecular flexibility index (Phi) is 3.62. The van der Waals surface area contributed by atoms with Gasteiger partial charge in [-0.15, -0.1) is 0 Å². The normalized spacial score (nSPS) is 28.3. The summed E-state index contributed by atoms with van der Waals surface area (Å²) in [6.45, 7) is 5.59. The molecule has 0 spiro atoms. The fourth-order valence-electron chi connectivity index (χ4n) is 2.55. The van der Waals surface area contributed by atoms with E-state index in [1.165, 1.54) is 19.3 Å². The smallest absolute Gasteiger partial charge is 0.228 e. The number of ether oxygens (including phenoxy) is 1. The van der Waals surface area contributed by atoms with Crippen molar-refractivity contribution in [1.82, 2.24) is 4.90 Å². The Morgan fingerprint density at radius 1 is 1.33 bits per heavy atom. The summed E-state index contributed by atoms with van der Waals surface area (Å²) in [5.41, 5.74) is 0. The minimum absolute atomic E-state index is 0.156. The Morgan fingerprint density at radius 3 is 2.60 bits per heavy atom. The van der Waals surface area contributed by atoms with Crippen LogP contribution in [0.5, 0.6) is 0 Å². The van der Waals surface area contributed by atoms with Crippen molar-refractivity contribution in [2.24, 2.45) is 11.8 Å². The topological polar surface area (TPSA) is 29.5 Å². The highest BCUT2D eigenvalue weighted by atomic mass is 16.5. The number of nitrogens with zero attached hydrogens (tertiary/aromatic N) is 1. The van der Waals surface area contributed by atoms with Crippen molar-refractivity contribution in [3.05, 3.63) is 0 Å². The molecule has 0 aromatic heterocycles. The predicted molar refractivity (Wildman–Crippen MR) is 58.5 cm³/mol. The van der Waals surface area contributed by atoms with Crippen molar-refractivity contribution in [1.29, 1.82) is 0 Å². The van der Waals surface area contributed by atoms with Gasteiger partial charge in [0.1, 0.15) is 0 Å². The second-order valence-electron chi connectivity index (χ2n) is 4.74. The lowest BCUT2D eigenvalue weighted by Crippen LogP contribution is -2.41. The molecule has 2 heterocycles. The first kappa shape index (κ1) is 10.9. The maximum atomic E-state index is 12.0. The van der Waals surface area contributed by atoms with E-state index >= 15 is 0 Å². The lowest BCUT2D eigenvalue weighted by molar-refractivity contribution is -0.136. The van der Waals surface area contributed by atoms with Crippen molar-refractivity contribution in [2.45, 2.75) is 32.6 Å². The third-order valence-electron chi connectivity index (χ3n) is 3.78. The van der Waals surface area contributed by atoms with Crippen LogP contribution in [0.4, 0.5) is 0 Å². The summed E-state index contributed by atoms with van der Waals surface area (Å²) < 4.78 is 5.26. The zero-order valence-corrected chi connectivity index (χ0v) is 9.58. The van der Waals surface area contributed by atoms with Gasteiger partial charge in [-0.1, -0.05) is 13.3 Å². The number of carbonyl (C=O) groups is 1. The molecule has 0 saturated carbocycles. The van der Waals surface area contributed by atoms with Gasteiger partial charge in [0.15, 0.2) is 0 Å². The Balaban J connectivity index is 1.81. The van der Waals surface area contributed by atoms with E-state index in [1.807, 2.05) is 4.90 Å². The van der Waals surface area contributed by atoms with E-state index in [4.69, 9.17) is 4.74 Å². The number of hydrogen-bond donors (Lipinski definition) is 0. The van der Waals surface area contributed by atoms with Gasteiger partial charge in [-0.05, 0) is 25.2 Å². The van der Waals surface area contributed by atoms with E-state index in [0.29, 0.717) is 12.5 Å². The molecule has 2 aliphatic rings. The molecule has 2 saturated heterocycles. The highest BCUT2D eigenvalue weighted by Crippen LogP contribution is 2.23. The molecule has 2 fully saturated rings. The van der Waals surface area contributed by atoms with Crippen LogP contribution >= 0.6 is 0 Å². The fraction of sp³-hybridized carbons (Fsp3) is 0.917. The van der Waals surface area contributed by atoms with E-state index < -0.39 is 0 Å². The third-order valence-corrected chi connectivity index (χ3v) is 3.78. The molecular weight excluding hydrogens is 190 g/mol. The van der Waals surface area contributed by atoms with Crippen LogP contribution in [-0.4, -0.2) is 37.1 Å². The molecule has 0 aromatic rings. The lowest BCUT2D eigenvalue weighted by atomic mass is 9.93. The zero-order valence-electron chi connectivity index (χ0n) is 9.58. The van der Waals surface area contributed by atoms with E-state index in [2.05, 4.69) is 6.92 Å². The van der Waals surface area contributed by atoms with E-state index in [0.717, 1.165) is 32.0 Å². The summed E-state index contributed by atoms with van der Waals surface area (Å²) in [4.78, 5) is 14.1. The highest BCUT2D eigenvalue weighted by molar-refractivity contribution is 5.79. The monoisotopic (exact) mass is 211 g/mol. The molecule has 1 amide bonds. The number of piperidine rings is 1. The van der Waals surface area contributed by atoms with Crippen molar-refractivity contribution in [3.8, 4) is 0 Å². The molecule has 0 radical (unpaired) electrons. The Morgan fingerprint density at radius 2 is 2.07 bits per heavy atom. The van der Waals surface area contributed by atoms with Gasteiger partial charge in [0.25, 0.3) is 0 Å². The Labute approximate surface area is 91.8 Å². The van der Waals surface area contributed by atoms with Crippen LogP contribution in [0.1, 0.15) is 32.6 Å². The predicted octanol–water partition coefficient (Wildman–Crippen LogP) is 1.67. The minimum Gasteiger partial charge on any atom is -0.381 e. The van der Waals surface area contributed by atoms with Gasteiger partial charge in [0.2, 0.25) is 5.91 Å². The van der Waals surface area contributed by atoms with Crippen molar-refractivity contribution < 1.29 is 9.53 Å². The van der Waals surface area contributed by atoms with E-state index in [9.17, 15) is 4.79 Å². The molecule has 0 N–H and O–H groups in total. The molecule has 1 atom stereocenters. The van der Waals surface area contributed by atoms with Crippen LogP contribution in [0.2, 0.25) is 0 Å². The summed E-state index contributed by atoms with van der Waals surface area (Å²) in [6, 6.07) is 0. The molecule has 3 heteroatoms. The summed E-state index contributed by atoms with van der Waals surface area (Å²) in [7, 11) is 0. The molecular formula is C12H21NO2. The van der Waals surface area contributed by atoms with Gasteiger partial charge in [-0.25, -0.2) is 0 Å². The zero-order chi connectivity index (χ0) is 10.7. The van der Waals surface area contributed by atoms with Crippen LogP contribution in [0.25, 0.3) is 0 Å². The van der Waals surface area contributed by atoms with E-state index in [-0.39, 0.29) is 5.92 Å². The number of amides is 1. The standard InChI is InChI=1S/C12H21NO2/c1-2-10-3-6-13(7-4-10)12(14)11-5-8-15-9-11/h10-11H,2-9H2,1H3. The van der Waals surface area contributed by atoms with Crippen molar-refractivity contribution >= 4 is 5.91 Å². The summed E-state index contributed by atoms with van der Waals surface area (Å²) >= 11 is 0. The molecule has 0 bridgehead atoms. The van der Waals surface area contributed by atoms with Crippen LogP contribution in [0.3, 0.4) is 0 Å². The van der Waals surface area contributed by atoms with Gasteiger partial charge in [-0.2, -0.15) is 0 Å². The number of likely N-dealkylation sites (tertiary alicyclic amines) is 1. The van der Waals surface area contributed by atoms with Crippen molar-refractivity contribution in [2.75, 3.05) is 26.3 Å². The molecule has 0 aliphatic carbocycles. The summed E-state index contributed by atoms with van der Waals surface area (Å²) in [5, 5.41) is 0. The number of rotatable bonds is 2. The van der Waals surface area contributed by atoms with Crippen LogP contribution in [0, 0.1) is 11.8 Å². The van der Waals surface area contributed by atoms with Crippen LogP contribution in [-0.2, 0) is 9.53 Å². The first-order valence-electron chi connectivity index (χ1n) is 6.17. The second kappa shape index (κ2) is 4.97. The van der Waals surface area contributed by atoms with Gasteiger partial charge >= 0.3 is 0 Å². The Hall–Kier alpha value is -0.570. The first-order chi connectivity index (χ1) is 7.31. The molecule has 86 valence electrons. The molecule has 1 unspecified atom stereocenters. The van der Waals surface area contributed by atoms with Crippen LogP contribution < -0.4 is 0 Å². The van der Waals surface area contributed by atoms with Crippen molar-refractivity contribution in [3.63, 3.8) is 0 Å². The number of hydrogen-bond acceptors (Lipinski definition) is 2. The lowest BCUT2D eigenvalue weighted by Gasteiger charge is -2.32. The highest BCUT2D eigenvalue weighted by Gasteiger charge is 2.30. The quantitative estimate of drug-likeness (QED) is 0.695. The largest absolute Gasteiger partial charge is 0.381 e. The van der Waals surface area contributed by atoms with Gasteiger partial charge in [0, 0.05) is 19.7 Å². The molecule has 2 aliphatic heterocycles. The van der Waals surface area contributed by atoms with Crippen LogP contribution in [0.15, 0.2) is 0 Å². The molecule has 15 heavy (non-hydrogen) atoms. The molecule has 0 aromatic carbocycles. The van der Waals surface area contributed by atoms with Gasteiger partial charge < -0.3 is 9.64 Å². The summed E-state index contributed by atoms with van der Waals surface area (Å²) in [6.07, 6.45) is 4.56. The first-order valence-corrected chi connectivity index (χ1v) is 6.17. The van der Waals surface area contributed by atoms with Gasteiger partial charge in [0.05, 0.1) is 12.5 Å². The molecule has 3 nitrogen and oxygen atoms in total. The third kappa shape index (κ3) is 2.51. The SMILES string of the molecule is CCC1CCN(C(=O)C2CCOC2)CC1.